The summed E-state index contributed by atoms with van der Waals surface area (Å²) in [5, 5.41) is 15.5. The molecular weight excluding hydrogens is 232 g/mol. The maximum Gasteiger partial charge on any atom is 0.327 e. The van der Waals surface area contributed by atoms with Crippen LogP contribution in [0.15, 0.2) is 6.20 Å². The highest BCUT2D eigenvalue weighted by Crippen LogP contribution is 2.12. The number of carboxylic acids is 1. The van der Waals surface area contributed by atoms with Gasteiger partial charge in [-0.2, -0.15) is 0 Å². The van der Waals surface area contributed by atoms with Gasteiger partial charge in [0.25, 0.3) is 5.91 Å². The van der Waals surface area contributed by atoms with Gasteiger partial charge < -0.3 is 15.3 Å². The number of hydrogen-bond acceptors (Lipinski definition) is 6. The summed E-state index contributed by atoms with van der Waals surface area (Å²) in [6.45, 7) is 1.25. The van der Waals surface area contributed by atoms with Gasteiger partial charge in [-0.15, -0.1) is 5.10 Å². The number of nitrogens with one attached hydrogen (secondary N) is 1. The number of amides is 1. The highest BCUT2D eigenvalue weighted by Gasteiger charge is 2.33. The molecule has 0 bridgehead atoms. The Morgan fingerprint density at radius 3 is 3.06 bits per heavy atom. The average molecular weight is 242 g/mol. The van der Waals surface area contributed by atoms with E-state index < -0.39 is 12.0 Å². The first-order chi connectivity index (χ1) is 7.70. The zero-order valence-electron chi connectivity index (χ0n) is 8.29. The van der Waals surface area contributed by atoms with Crippen molar-refractivity contribution in [3.8, 4) is 0 Å². The number of aromatic nitrogens is 2. The Labute approximate surface area is 95.2 Å². The monoisotopic (exact) mass is 242 g/mol. The molecule has 1 aromatic heterocycles. The van der Waals surface area contributed by atoms with Gasteiger partial charge in [0.05, 0.1) is 6.20 Å². The maximum absolute atomic E-state index is 11.9. The van der Waals surface area contributed by atoms with E-state index in [9.17, 15) is 9.59 Å². The van der Waals surface area contributed by atoms with Crippen molar-refractivity contribution in [2.45, 2.75) is 6.04 Å². The number of nitrogens with zero attached hydrogens (tertiary/aromatic N) is 3. The van der Waals surface area contributed by atoms with E-state index in [-0.39, 0.29) is 12.5 Å². The van der Waals surface area contributed by atoms with Crippen molar-refractivity contribution >= 4 is 23.4 Å². The summed E-state index contributed by atoms with van der Waals surface area (Å²) in [6, 6.07) is -0.816. The van der Waals surface area contributed by atoms with Gasteiger partial charge in [0.15, 0.2) is 0 Å². The Bertz CT molecular complexity index is 394. The Kier molecular flexibility index (Phi) is 3.11. The molecular formula is C8H10N4O3S. The molecule has 1 unspecified atom stereocenters. The molecule has 2 N–H and O–H groups in total. The third kappa shape index (κ3) is 2.02. The number of carbonyl (C=O) groups excluding carboxylic acids is 1. The summed E-state index contributed by atoms with van der Waals surface area (Å²) in [5.74, 6) is -1.32. The predicted octanol–water partition coefficient (Wildman–Crippen LogP) is -0.963. The van der Waals surface area contributed by atoms with Gasteiger partial charge in [-0.1, -0.05) is 4.49 Å². The number of hydrogen-bond donors (Lipinski definition) is 2. The molecule has 1 saturated heterocycles. The minimum atomic E-state index is -1.00. The first-order valence-electron chi connectivity index (χ1n) is 4.72. The molecule has 8 heteroatoms. The first kappa shape index (κ1) is 11.0. The topological polar surface area (TPSA) is 95.4 Å². The molecule has 1 atom stereocenters. The van der Waals surface area contributed by atoms with Crippen molar-refractivity contribution in [2.24, 2.45) is 0 Å². The predicted molar refractivity (Wildman–Crippen MR) is 55.2 cm³/mol. The van der Waals surface area contributed by atoms with Gasteiger partial charge in [-0.05, 0) is 11.5 Å². The molecule has 86 valence electrons. The maximum atomic E-state index is 11.9. The average Bonchev–Trinajstić information content (AvgIpc) is 2.81. The lowest BCUT2D eigenvalue weighted by atomic mass is 10.2. The molecule has 2 heterocycles. The van der Waals surface area contributed by atoms with E-state index in [1.54, 1.807) is 0 Å². The van der Waals surface area contributed by atoms with Crippen LogP contribution in [-0.4, -0.2) is 57.1 Å². The molecule has 1 fully saturated rings. The Balaban J connectivity index is 2.17. The van der Waals surface area contributed by atoms with Crippen LogP contribution >= 0.6 is 11.5 Å². The van der Waals surface area contributed by atoms with E-state index in [1.807, 2.05) is 0 Å². The molecule has 16 heavy (non-hydrogen) atoms. The second-order valence-corrected chi connectivity index (χ2v) is 4.12. The van der Waals surface area contributed by atoms with Crippen molar-refractivity contribution in [3.05, 3.63) is 11.1 Å². The number of rotatable bonds is 2. The SMILES string of the molecule is O=C(O)C1CNCCN1C(=O)c1cnns1. The Morgan fingerprint density at radius 2 is 2.44 bits per heavy atom. The van der Waals surface area contributed by atoms with Gasteiger partial charge in [0.2, 0.25) is 0 Å². The van der Waals surface area contributed by atoms with Gasteiger partial charge in [0, 0.05) is 19.6 Å². The Morgan fingerprint density at radius 1 is 1.62 bits per heavy atom. The lowest BCUT2D eigenvalue weighted by Gasteiger charge is -2.32. The smallest absolute Gasteiger partial charge is 0.327 e. The third-order valence-corrected chi connectivity index (χ3v) is 3.01. The van der Waals surface area contributed by atoms with Gasteiger partial charge in [-0.25, -0.2) is 4.79 Å². The van der Waals surface area contributed by atoms with Gasteiger partial charge >= 0.3 is 5.97 Å². The summed E-state index contributed by atoms with van der Waals surface area (Å²) in [6.07, 6.45) is 1.36. The van der Waals surface area contributed by atoms with E-state index >= 15 is 0 Å². The first-order valence-corrected chi connectivity index (χ1v) is 5.49. The number of piperazine rings is 1. The van der Waals surface area contributed by atoms with Gasteiger partial charge in [-0.3, -0.25) is 4.79 Å². The second-order valence-electron chi connectivity index (χ2n) is 3.34. The van der Waals surface area contributed by atoms with E-state index in [4.69, 9.17) is 5.11 Å². The molecule has 7 nitrogen and oxygen atoms in total. The van der Waals surface area contributed by atoms with E-state index in [0.29, 0.717) is 18.0 Å². The third-order valence-electron chi connectivity index (χ3n) is 2.36. The van der Waals surface area contributed by atoms with Crippen molar-refractivity contribution in [1.29, 1.82) is 0 Å². The lowest BCUT2D eigenvalue weighted by Crippen LogP contribution is -2.56. The standard InChI is InChI=1S/C8H10N4O3S/c13-7(6-4-10-11-16-6)12-2-1-9-3-5(12)8(14)15/h4-5,9H,1-3H2,(H,14,15). The fourth-order valence-corrected chi connectivity index (χ4v) is 2.04. The normalized spacial score (nSPS) is 20.8. The zero-order chi connectivity index (χ0) is 11.5. The molecule has 1 aromatic rings. The minimum absolute atomic E-state index is 0.271. The van der Waals surface area contributed by atoms with Crippen LogP contribution in [0.2, 0.25) is 0 Å². The van der Waals surface area contributed by atoms with E-state index in [2.05, 4.69) is 14.9 Å². The summed E-state index contributed by atoms with van der Waals surface area (Å²) < 4.78 is 3.59. The number of carbonyl (C=O) groups is 2. The quantitative estimate of drug-likeness (QED) is 0.693. The second kappa shape index (κ2) is 4.54. The summed E-state index contributed by atoms with van der Waals surface area (Å²) in [4.78, 5) is 24.6. The van der Waals surface area contributed by atoms with Crippen molar-refractivity contribution in [3.63, 3.8) is 0 Å². The fraction of sp³-hybridized carbons (Fsp3) is 0.500. The van der Waals surface area contributed by atoms with Crippen LogP contribution in [0.3, 0.4) is 0 Å². The largest absolute Gasteiger partial charge is 0.480 e. The minimum Gasteiger partial charge on any atom is -0.480 e. The van der Waals surface area contributed by atoms with E-state index in [0.717, 1.165) is 11.5 Å². The molecule has 2 rings (SSSR count). The van der Waals surface area contributed by atoms with Crippen LogP contribution in [0.5, 0.6) is 0 Å². The van der Waals surface area contributed by atoms with Crippen LogP contribution in [0.1, 0.15) is 9.67 Å². The lowest BCUT2D eigenvalue weighted by molar-refractivity contribution is -0.142. The summed E-state index contributed by atoms with van der Waals surface area (Å²) in [7, 11) is 0. The molecule has 0 spiro atoms. The molecule has 1 aliphatic heterocycles. The summed E-state index contributed by atoms with van der Waals surface area (Å²) in [5.41, 5.74) is 0. The molecule has 1 aliphatic rings. The highest BCUT2D eigenvalue weighted by molar-refractivity contribution is 7.07. The summed E-state index contributed by atoms with van der Waals surface area (Å²) >= 11 is 0.973. The highest BCUT2D eigenvalue weighted by atomic mass is 32.1. The van der Waals surface area contributed by atoms with Crippen LogP contribution in [-0.2, 0) is 4.79 Å². The molecule has 1 amide bonds. The van der Waals surface area contributed by atoms with Crippen molar-refractivity contribution < 1.29 is 14.7 Å². The number of aliphatic carboxylic acids is 1. The molecule has 0 radical (unpaired) electrons. The van der Waals surface area contributed by atoms with Crippen LogP contribution in [0.25, 0.3) is 0 Å². The van der Waals surface area contributed by atoms with Crippen molar-refractivity contribution in [2.75, 3.05) is 19.6 Å². The molecule has 0 aliphatic carbocycles. The Hall–Kier alpha value is -1.54. The number of carboxylic acid groups (broad SMARTS) is 1. The van der Waals surface area contributed by atoms with Crippen LogP contribution in [0.4, 0.5) is 0 Å². The van der Waals surface area contributed by atoms with Gasteiger partial charge in [0.1, 0.15) is 10.9 Å². The van der Waals surface area contributed by atoms with Crippen molar-refractivity contribution in [1.82, 2.24) is 19.8 Å². The van der Waals surface area contributed by atoms with Crippen LogP contribution in [0, 0.1) is 0 Å². The zero-order valence-corrected chi connectivity index (χ0v) is 9.11. The fourth-order valence-electron chi connectivity index (χ4n) is 1.57. The molecule has 0 aromatic carbocycles. The van der Waals surface area contributed by atoms with E-state index in [1.165, 1.54) is 11.1 Å². The molecule has 0 saturated carbocycles. The van der Waals surface area contributed by atoms with Crippen LogP contribution < -0.4 is 5.32 Å².